The molecule has 0 aliphatic heterocycles. The number of nitrogens with one attached hydrogen (secondary N) is 2. The number of nitrogens with zero attached hydrogens (tertiary/aromatic N) is 1. The highest BCUT2D eigenvalue weighted by Gasteiger charge is 2.10. The van der Waals surface area contributed by atoms with Crippen molar-refractivity contribution in [3.63, 3.8) is 0 Å². The molecule has 0 aliphatic carbocycles. The average molecular weight is 279 g/mol. The van der Waals surface area contributed by atoms with Crippen LogP contribution in [0.4, 0.5) is 16.2 Å². The maximum Gasteiger partial charge on any atom is 0.323 e. The van der Waals surface area contributed by atoms with Gasteiger partial charge in [-0.25, -0.2) is 4.79 Å². The third kappa shape index (κ3) is 3.40. The van der Waals surface area contributed by atoms with E-state index < -0.39 is 0 Å². The average Bonchev–Trinajstić information content (AvgIpc) is 2.49. The first-order chi connectivity index (χ1) is 10.2. The predicted octanol–water partition coefficient (Wildman–Crippen LogP) is 4.07. The molecule has 21 heavy (non-hydrogen) atoms. The van der Waals surface area contributed by atoms with Crippen LogP contribution in [-0.2, 0) is 6.42 Å². The van der Waals surface area contributed by atoms with E-state index in [1.54, 1.807) is 24.3 Å². The van der Waals surface area contributed by atoms with Crippen molar-refractivity contribution in [2.45, 2.75) is 20.3 Å². The van der Waals surface area contributed by atoms with E-state index in [1.807, 2.05) is 32.0 Å². The lowest BCUT2D eigenvalue weighted by atomic mass is 10.1. The van der Waals surface area contributed by atoms with E-state index in [0.717, 1.165) is 23.2 Å². The highest BCUT2D eigenvalue weighted by Crippen LogP contribution is 2.21. The molecule has 0 radical (unpaired) electrons. The quantitative estimate of drug-likeness (QED) is 0.889. The maximum absolute atomic E-state index is 12.1. The number of hydrogen-bond acceptors (Lipinski definition) is 2. The Kier molecular flexibility index (Phi) is 4.57. The van der Waals surface area contributed by atoms with Crippen molar-refractivity contribution < 1.29 is 4.79 Å². The van der Waals surface area contributed by atoms with Crippen molar-refractivity contribution in [3.05, 3.63) is 59.2 Å². The summed E-state index contributed by atoms with van der Waals surface area (Å²) in [5.74, 6) is 0. The predicted molar refractivity (Wildman–Crippen MR) is 84.4 cm³/mol. The first-order valence-electron chi connectivity index (χ1n) is 6.81. The zero-order chi connectivity index (χ0) is 15.2. The number of aryl methyl sites for hydroxylation is 2. The standard InChI is InChI=1S/C17H17N3O/c1-3-13-9-6-7-12(2)16(13)20-17(21)19-15-10-5-4-8-14(15)11-18/h4-10H,3H2,1-2H3,(H2,19,20,21). The van der Waals surface area contributed by atoms with Crippen molar-refractivity contribution >= 4 is 17.4 Å². The molecule has 2 amide bonds. The minimum absolute atomic E-state index is 0.346. The van der Waals surface area contributed by atoms with E-state index in [2.05, 4.69) is 16.7 Å². The highest BCUT2D eigenvalue weighted by atomic mass is 16.2. The molecule has 2 N–H and O–H groups in total. The first kappa shape index (κ1) is 14.6. The van der Waals surface area contributed by atoms with Crippen molar-refractivity contribution in [2.24, 2.45) is 0 Å². The SMILES string of the molecule is CCc1cccc(C)c1NC(=O)Nc1ccccc1C#N. The monoisotopic (exact) mass is 279 g/mol. The fourth-order valence-electron chi connectivity index (χ4n) is 2.16. The minimum atomic E-state index is -0.346. The fourth-order valence-corrected chi connectivity index (χ4v) is 2.16. The van der Waals surface area contributed by atoms with E-state index >= 15 is 0 Å². The van der Waals surface area contributed by atoms with Gasteiger partial charge in [0.25, 0.3) is 0 Å². The molecule has 2 rings (SSSR count). The number of anilines is 2. The van der Waals surface area contributed by atoms with Crippen LogP contribution in [0.15, 0.2) is 42.5 Å². The van der Waals surface area contributed by atoms with Crippen LogP contribution in [0.25, 0.3) is 0 Å². The van der Waals surface area contributed by atoms with Crippen LogP contribution in [0.1, 0.15) is 23.6 Å². The lowest BCUT2D eigenvalue weighted by Gasteiger charge is -2.14. The van der Waals surface area contributed by atoms with Gasteiger partial charge in [-0.1, -0.05) is 37.3 Å². The second-order valence-electron chi connectivity index (χ2n) is 4.70. The Labute approximate surface area is 124 Å². The molecule has 0 fully saturated rings. The zero-order valence-corrected chi connectivity index (χ0v) is 12.1. The molecule has 0 aliphatic rings. The minimum Gasteiger partial charge on any atom is -0.307 e. The van der Waals surface area contributed by atoms with Gasteiger partial charge < -0.3 is 10.6 Å². The first-order valence-corrected chi connectivity index (χ1v) is 6.81. The molecule has 0 saturated heterocycles. The van der Waals surface area contributed by atoms with E-state index in [1.165, 1.54) is 0 Å². The molecule has 0 saturated carbocycles. The summed E-state index contributed by atoms with van der Waals surface area (Å²) >= 11 is 0. The van der Waals surface area contributed by atoms with Gasteiger partial charge in [-0.05, 0) is 36.6 Å². The molecular weight excluding hydrogens is 262 g/mol. The smallest absolute Gasteiger partial charge is 0.307 e. The van der Waals surface area contributed by atoms with Crippen LogP contribution in [0.2, 0.25) is 0 Å². The Balaban J connectivity index is 2.18. The van der Waals surface area contributed by atoms with Crippen LogP contribution in [0.5, 0.6) is 0 Å². The zero-order valence-electron chi connectivity index (χ0n) is 12.1. The third-order valence-electron chi connectivity index (χ3n) is 3.27. The van der Waals surface area contributed by atoms with Crippen LogP contribution in [0.3, 0.4) is 0 Å². The van der Waals surface area contributed by atoms with Crippen molar-refractivity contribution in [2.75, 3.05) is 10.6 Å². The summed E-state index contributed by atoms with van der Waals surface area (Å²) < 4.78 is 0. The summed E-state index contributed by atoms with van der Waals surface area (Å²) in [6.07, 6.45) is 0.839. The molecule has 106 valence electrons. The molecule has 0 heterocycles. The van der Waals surface area contributed by atoms with Gasteiger partial charge >= 0.3 is 6.03 Å². The topological polar surface area (TPSA) is 64.9 Å². The number of carbonyl (C=O) groups excluding carboxylic acids is 1. The van der Waals surface area contributed by atoms with E-state index in [0.29, 0.717) is 11.3 Å². The van der Waals surface area contributed by atoms with Crippen molar-refractivity contribution in [1.82, 2.24) is 0 Å². The maximum atomic E-state index is 12.1. The lowest BCUT2D eigenvalue weighted by molar-refractivity contribution is 0.262. The van der Waals surface area contributed by atoms with Crippen LogP contribution < -0.4 is 10.6 Å². The van der Waals surface area contributed by atoms with Gasteiger partial charge in [0.15, 0.2) is 0 Å². The molecule has 4 nitrogen and oxygen atoms in total. The summed E-state index contributed by atoms with van der Waals surface area (Å²) in [6, 6.07) is 14.5. The lowest BCUT2D eigenvalue weighted by Crippen LogP contribution is -2.21. The Hall–Kier alpha value is -2.80. The molecule has 0 unspecified atom stereocenters. The molecule has 0 bridgehead atoms. The molecule has 0 aromatic heterocycles. The van der Waals surface area contributed by atoms with E-state index in [-0.39, 0.29) is 6.03 Å². The molecule has 0 atom stereocenters. The number of hydrogen-bond donors (Lipinski definition) is 2. The molecule has 2 aromatic carbocycles. The third-order valence-corrected chi connectivity index (χ3v) is 3.27. The fraction of sp³-hybridized carbons (Fsp3) is 0.176. The number of nitriles is 1. The Morgan fingerprint density at radius 2 is 1.90 bits per heavy atom. The number of para-hydroxylation sites is 2. The number of rotatable bonds is 3. The van der Waals surface area contributed by atoms with Crippen LogP contribution in [-0.4, -0.2) is 6.03 Å². The van der Waals surface area contributed by atoms with E-state index in [4.69, 9.17) is 5.26 Å². The van der Waals surface area contributed by atoms with Crippen molar-refractivity contribution in [1.29, 1.82) is 5.26 Å². The van der Waals surface area contributed by atoms with Crippen molar-refractivity contribution in [3.8, 4) is 6.07 Å². The van der Waals surface area contributed by atoms with Gasteiger partial charge in [-0.3, -0.25) is 0 Å². The molecule has 2 aromatic rings. The van der Waals surface area contributed by atoms with Crippen LogP contribution >= 0.6 is 0 Å². The summed E-state index contributed by atoms with van der Waals surface area (Å²) in [5.41, 5.74) is 3.86. The highest BCUT2D eigenvalue weighted by molar-refractivity contribution is 6.01. The Bertz CT molecular complexity index is 701. The van der Waals surface area contributed by atoms with Gasteiger partial charge in [0.05, 0.1) is 11.3 Å². The van der Waals surface area contributed by atoms with Gasteiger partial charge in [0.1, 0.15) is 6.07 Å². The molecular formula is C17H17N3O. The number of benzene rings is 2. The number of urea groups is 1. The summed E-state index contributed by atoms with van der Waals surface area (Å²) in [7, 11) is 0. The normalized spacial score (nSPS) is 9.76. The van der Waals surface area contributed by atoms with Gasteiger partial charge in [-0.15, -0.1) is 0 Å². The van der Waals surface area contributed by atoms with Gasteiger partial charge in [0, 0.05) is 5.69 Å². The van der Waals surface area contributed by atoms with Gasteiger partial charge in [-0.2, -0.15) is 5.26 Å². The van der Waals surface area contributed by atoms with Gasteiger partial charge in [0.2, 0.25) is 0 Å². The second-order valence-corrected chi connectivity index (χ2v) is 4.70. The number of amides is 2. The summed E-state index contributed by atoms with van der Waals surface area (Å²) in [6.45, 7) is 4.00. The molecule has 0 spiro atoms. The summed E-state index contributed by atoms with van der Waals surface area (Å²) in [4.78, 5) is 12.1. The van der Waals surface area contributed by atoms with E-state index in [9.17, 15) is 4.79 Å². The Morgan fingerprint density at radius 1 is 1.14 bits per heavy atom. The second kappa shape index (κ2) is 6.58. The summed E-state index contributed by atoms with van der Waals surface area (Å²) in [5, 5.41) is 14.6. The Morgan fingerprint density at radius 3 is 2.62 bits per heavy atom. The number of carbonyl (C=O) groups is 1. The van der Waals surface area contributed by atoms with Crippen LogP contribution in [0, 0.1) is 18.3 Å². The molecule has 4 heteroatoms. The largest absolute Gasteiger partial charge is 0.323 e.